The fourth-order valence-corrected chi connectivity index (χ4v) is 3.26. The lowest BCUT2D eigenvalue weighted by atomic mass is 9.90. The van der Waals surface area contributed by atoms with E-state index >= 15 is 0 Å². The highest BCUT2D eigenvalue weighted by atomic mass is 35.5. The third-order valence-corrected chi connectivity index (χ3v) is 4.52. The highest BCUT2D eigenvalue weighted by molar-refractivity contribution is 6.30. The molecule has 0 unspecified atom stereocenters. The van der Waals surface area contributed by atoms with Gasteiger partial charge in [-0.2, -0.15) is 5.10 Å². The van der Waals surface area contributed by atoms with Gasteiger partial charge >= 0.3 is 0 Å². The number of hydrogen-bond acceptors (Lipinski definition) is 5. The van der Waals surface area contributed by atoms with E-state index in [-0.39, 0.29) is 12.1 Å². The molecule has 1 aliphatic carbocycles. The van der Waals surface area contributed by atoms with Gasteiger partial charge in [-0.05, 0) is 30.5 Å². The van der Waals surface area contributed by atoms with Crippen molar-refractivity contribution in [3.63, 3.8) is 0 Å². The number of nitrogen functional groups attached to an aromatic ring is 1. The molecule has 1 saturated carbocycles. The lowest BCUT2D eigenvalue weighted by Crippen LogP contribution is -2.31. The summed E-state index contributed by atoms with van der Waals surface area (Å²) < 4.78 is 1.87. The van der Waals surface area contributed by atoms with Crippen molar-refractivity contribution in [3.05, 3.63) is 46.9 Å². The van der Waals surface area contributed by atoms with Crippen LogP contribution in [0.1, 0.15) is 30.1 Å². The molecule has 0 radical (unpaired) electrons. The van der Waals surface area contributed by atoms with E-state index in [2.05, 4.69) is 9.97 Å². The van der Waals surface area contributed by atoms with Crippen LogP contribution < -0.4 is 5.73 Å². The maximum Gasteiger partial charge on any atom is 0.163 e. The molecule has 118 valence electrons. The molecular weight excluding hydrogens is 314 g/mol. The molecule has 1 fully saturated rings. The van der Waals surface area contributed by atoms with E-state index in [1.807, 2.05) is 28.9 Å². The van der Waals surface area contributed by atoms with Gasteiger partial charge in [-0.3, -0.25) is 0 Å². The van der Waals surface area contributed by atoms with Crippen LogP contribution in [0.5, 0.6) is 0 Å². The molecule has 3 N–H and O–H groups in total. The van der Waals surface area contributed by atoms with Crippen LogP contribution in [0.15, 0.2) is 30.6 Å². The van der Waals surface area contributed by atoms with E-state index in [4.69, 9.17) is 22.4 Å². The molecule has 23 heavy (non-hydrogen) atoms. The van der Waals surface area contributed by atoms with E-state index in [1.54, 1.807) is 0 Å². The summed E-state index contributed by atoms with van der Waals surface area (Å²) in [5, 5.41) is 15.8. The van der Waals surface area contributed by atoms with Gasteiger partial charge in [0.25, 0.3) is 0 Å². The van der Waals surface area contributed by atoms with Crippen LogP contribution in [0.3, 0.4) is 0 Å². The first-order valence-electron chi connectivity index (χ1n) is 7.52. The van der Waals surface area contributed by atoms with Crippen molar-refractivity contribution in [1.82, 2.24) is 19.7 Å². The Kier molecular flexibility index (Phi) is 3.43. The van der Waals surface area contributed by atoms with Gasteiger partial charge in [0.1, 0.15) is 12.1 Å². The smallest absolute Gasteiger partial charge is 0.163 e. The van der Waals surface area contributed by atoms with Gasteiger partial charge in [-0.25, -0.2) is 14.6 Å². The molecule has 0 atom stereocenters. The molecule has 0 spiro atoms. The minimum absolute atomic E-state index is 0.162. The molecule has 0 saturated heterocycles. The minimum atomic E-state index is -0.255. The second kappa shape index (κ2) is 5.47. The number of nitrogens with zero attached hydrogens (tertiary/aromatic N) is 4. The highest BCUT2D eigenvalue weighted by Crippen LogP contribution is 2.35. The van der Waals surface area contributed by atoms with E-state index in [9.17, 15) is 5.11 Å². The molecule has 0 aliphatic heterocycles. The molecule has 2 heterocycles. The third-order valence-electron chi connectivity index (χ3n) is 4.29. The van der Waals surface area contributed by atoms with Gasteiger partial charge in [-0.15, -0.1) is 0 Å². The molecule has 3 aromatic rings. The Morgan fingerprint density at radius 3 is 2.87 bits per heavy atom. The first kappa shape index (κ1) is 14.4. The molecule has 6 nitrogen and oxygen atoms in total. The fourth-order valence-electron chi connectivity index (χ4n) is 3.04. The van der Waals surface area contributed by atoms with Crippen molar-refractivity contribution < 1.29 is 5.11 Å². The van der Waals surface area contributed by atoms with Crippen molar-refractivity contribution in [1.29, 1.82) is 0 Å². The maximum atomic E-state index is 9.57. The number of halogens is 1. The average molecular weight is 330 g/mol. The summed E-state index contributed by atoms with van der Waals surface area (Å²) >= 11 is 6.06. The van der Waals surface area contributed by atoms with Crippen LogP contribution >= 0.6 is 11.6 Å². The Balaban J connectivity index is 1.79. The Morgan fingerprint density at radius 1 is 1.30 bits per heavy atom. The van der Waals surface area contributed by atoms with Gasteiger partial charge in [0.05, 0.1) is 23.2 Å². The second-order valence-corrected chi connectivity index (χ2v) is 6.37. The van der Waals surface area contributed by atoms with Crippen LogP contribution in [0.2, 0.25) is 5.02 Å². The lowest BCUT2D eigenvalue weighted by molar-refractivity contribution is 0.0449. The van der Waals surface area contributed by atoms with E-state index < -0.39 is 0 Å². The van der Waals surface area contributed by atoms with Crippen LogP contribution in [0.4, 0.5) is 5.82 Å². The number of rotatable bonds is 3. The Morgan fingerprint density at radius 2 is 2.13 bits per heavy atom. The summed E-state index contributed by atoms with van der Waals surface area (Å²) in [6, 6.07) is 7.84. The zero-order valence-corrected chi connectivity index (χ0v) is 13.1. The zero-order chi connectivity index (χ0) is 16.0. The first-order chi connectivity index (χ1) is 11.1. The highest BCUT2D eigenvalue weighted by Gasteiger charge is 2.32. The van der Waals surface area contributed by atoms with E-state index in [0.717, 1.165) is 22.3 Å². The molecule has 4 rings (SSSR count). The fraction of sp³-hybridized carbons (Fsp3) is 0.312. The molecule has 0 amide bonds. The van der Waals surface area contributed by atoms with Crippen LogP contribution in [-0.2, 0) is 6.42 Å². The predicted octanol–water partition coefficient (Wildman–Crippen LogP) is 2.35. The molecule has 2 aromatic heterocycles. The number of nitrogens with two attached hydrogens (primary N) is 1. The number of aliphatic hydroxyl groups excluding tert-OH is 1. The SMILES string of the molecule is Nc1ncnc2c1c(Cc1cccc(Cl)c1)nn2C1CC(O)C1. The summed E-state index contributed by atoms with van der Waals surface area (Å²) in [7, 11) is 0. The van der Waals surface area contributed by atoms with Gasteiger partial charge in [-0.1, -0.05) is 23.7 Å². The standard InChI is InChI=1S/C16H16ClN5O/c17-10-3-1-2-9(4-10)5-13-14-15(18)19-8-20-16(14)22(21-13)11-6-12(23)7-11/h1-4,8,11-12,23H,5-7H2,(H2,18,19,20). The lowest BCUT2D eigenvalue weighted by Gasteiger charge is -2.31. The second-order valence-electron chi connectivity index (χ2n) is 5.93. The summed E-state index contributed by atoms with van der Waals surface area (Å²) in [5.41, 5.74) is 8.68. The van der Waals surface area contributed by atoms with E-state index in [0.29, 0.717) is 30.1 Å². The molecule has 1 aliphatic rings. The normalized spacial score (nSPS) is 20.6. The topological polar surface area (TPSA) is 89.9 Å². The maximum absolute atomic E-state index is 9.57. The van der Waals surface area contributed by atoms with Crippen molar-refractivity contribution in [3.8, 4) is 0 Å². The number of anilines is 1. The number of aliphatic hydroxyl groups is 1. The molecule has 1 aromatic carbocycles. The van der Waals surface area contributed by atoms with E-state index in [1.165, 1.54) is 6.33 Å². The molecular formula is C16H16ClN5O. The number of hydrogen-bond donors (Lipinski definition) is 2. The Bertz CT molecular complexity index is 872. The van der Waals surface area contributed by atoms with Crippen LogP contribution in [-0.4, -0.2) is 31.0 Å². The van der Waals surface area contributed by atoms with Crippen molar-refractivity contribution >= 4 is 28.5 Å². The number of benzene rings is 1. The first-order valence-corrected chi connectivity index (χ1v) is 7.89. The van der Waals surface area contributed by atoms with Gasteiger partial charge in [0, 0.05) is 11.4 Å². The quantitative estimate of drug-likeness (QED) is 0.769. The van der Waals surface area contributed by atoms with Gasteiger partial charge in [0.2, 0.25) is 0 Å². The van der Waals surface area contributed by atoms with Crippen LogP contribution in [0.25, 0.3) is 11.0 Å². The summed E-state index contributed by atoms with van der Waals surface area (Å²) in [6.45, 7) is 0. The molecule has 7 heteroatoms. The predicted molar refractivity (Wildman–Crippen MR) is 88.3 cm³/mol. The summed E-state index contributed by atoms with van der Waals surface area (Å²) in [6.07, 6.45) is 3.19. The van der Waals surface area contributed by atoms with Crippen molar-refractivity contribution in [2.75, 3.05) is 5.73 Å². The number of fused-ring (bicyclic) bond motifs is 1. The zero-order valence-electron chi connectivity index (χ0n) is 12.4. The van der Waals surface area contributed by atoms with Crippen LogP contribution in [0, 0.1) is 0 Å². The average Bonchev–Trinajstić information content (AvgIpc) is 2.84. The largest absolute Gasteiger partial charge is 0.393 e. The minimum Gasteiger partial charge on any atom is -0.393 e. The Labute approximate surface area is 137 Å². The Hall–Kier alpha value is -2.18. The van der Waals surface area contributed by atoms with Crippen molar-refractivity contribution in [2.45, 2.75) is 31.4 Å². The summed E-state index contributed by atoms with van der Waals surface area (Å²) in [5.74, 6) is 0.429. The van der Waals surface area contributed by atoms with Gasteiger partial charge in [0.15, 0.2) is 5.65 Å². The van der Waals surface area contributed by atoms with Crippen molar-refractivity contribution in [2.24, 2.45) is 0 Å². The summed E-state index contributed by atoms with van der Waals surface area (Å²) in [4.78, 5) is 8.45. The van der Waals surface area contributed by atoms with Gasteiger partial charge < -0.3 is 10.8 Å². The number of aromatic nitrogens is 4. The third kappa shape index (κ3) is 2.54. The monoisotopic (exact) mass is 329 g/mol. The molecule has 0 bridgehead atoms.